The van der Waals surface area contributed by atoms with Crippen LogP contribution in [0.3, 0.4) is 0 Å². The van der Waals surface area contributed by atoms with Crippen molar-refractivity contribution in [1.29, 1.82) is 0 Å². The van der Waals surface area contributed by atoms with Gasteiger partial charge in [-0.3, -0.25) is 5.84 Å². The van der Waals surface area contributed by atoms with Crippen LogP contribution in [-0.2, 0) is 0 Å². The molecule has 0 heterocycles. The van der Waals surface area contributed by atoms with Gasteiger partial charge in [-0.05, 0) is 19.8 Å². The van der Waals surface area contributed by atoms with Crippen molar-refractivity contribution in [3.63, 3.8) is 0 Å². The van der Waals surface area contributed by atoms with Crippen LogP contribution < -0.4 is 11.3 Å². The topological polar surface area (TPSA) is 58.3 Å². The molecule has 3 nitrogen and oxygen atoms in total. The summed E-state index contributed by atoms with van der Waals surface area (Å²) < 4.78 is 0. The lowest BCUT2D eigenvalue weighted by Gasteiger charge is -2.07. The van der Waals surface area contributed by atoms with Crippen molar-refractivity contribution in [3.05, 3.63) is 23.9 Å². The number of aliphatic hydroxyl groups is 1. The van der Waals surface area contributed by atoms with Crippen LogP contribution in [0.2, 0.25) is 0 Å². The maximum Gasteiger partial charge on any atom is 0.0913 e. The highest BCUT2D eigenvalue weighted by Crippen LogP contribution is 2.42. The Bertz CT molecular complexity index is 192. The Morgan fingerprint density at radius 2 is 2.27 bits per heavy atom. The van der Waals surface area contributed by atoms with Gasteiger partial charge in [0, 0.05) is 11.8 Å². The van der Waals surface area contributed by atoms with Gasteiger partial charge in [0.15, 0.2) is 0 Å². The van der Waals surface area contributed by atoms with E-state index in [-0.39, 0.29) is 0 Å². The molecule has 1 aliphatic carbocycles. The van der Waals surface area contributed by atoms with Crippen LogP contribution in [0.15, 0.2) is 23.9 Å². The van der Waals surface area contributed by atoms with Crippen molar-refractivity contribution in [2.45, 2.75) is 25.4 Å². The molecule has 3 heteroatoms. The van der Waals surface area contributed by atoms with Gasteiger partial charge in [0.1, 0.15) is 0 Å². The molecule has 1 saturated carbocycles. The highest BCUT2D eigenvalue weighted by atomic mass is 16.3. The molecule has 0 aliphatic heterocycles. The van der Waals surface area contributed by atoms with E-state index in [4.69, 9.17) is 5.84 Å². The summed E-state index contributed by atoms with van der Waals surface area (Å²) in [6.45, 7) is 1.91. The molecule has 0 aromatic heterocycles. The molecule has 0 unspecified atom stereocenters. The fourth-order valence-electron chi connectivity index (χ4n) is 1.01. The Morgan fingerprint density at radius 3 is 2.64 bits per heavy atom. The molecular formula is C8H14N2O. The van der Waals surface area contributed by atoms with Crippen LogP contribution in [0.1, 0.15) is 19.8 Å². The number of rotatable bonds is 3. The standard InChI is InChI=1S/C8H14N2O/c1-2-3-7(6-10-9)8(11)4-5-8/h2-3,6,10-11H,4-5,9H2,1H3/b3-2-,7-6+. The van der Waals surface area contributed by atoms with E-state index >= 15 is 0 Å². The zero-order valence-electron chi connectivity index (χ0n) is 6.67. The first-order chi connectivity index (χ1) is 5.23. The van der Waals surface area contributed by atoms with E-state index in [1.165, 1.54) is 0 Å². The summed E-state index contributed by atoms with van der Waals surface area (Å²) in [6, 6.07) is 0. The third kappa shape index (κ3) is 1.82. The Hall–Kier alpha value is -0.800. The minimum absolute atomic E-state index is 0.598. The van der Waals surface area contributed by atoms with Crippen LogP contribution in [0.5, 0.6) is 0 Å². The van der Waals surface area contributed by atoms with Crippen molar-refractivity contribution in [2.24, 2.45) is 5.84 Å². The fourth-order valence-corrected chi connectivity index (χ4v) is 1.01. The lowest BCUT2D eigenvalue weighted by molar-refractivity contribution is 0.192. The van der Waals surface area contributed by atoms with Gasteiger partial charge >= 0.3 is 0 Å². The van der Waals surface area contributed by atoms with Crippen molar-refractivity contribution >= 4 is 0 Å². The highest BCUT2D eigenvalue weighted by molar-refractivity contribution is 5.33. The molecule has 0 radical (unpaired) electrons. The number of hydrogen-bond acceptors (Lipinski definition) is 3. The monoisotopic (exact) mass is 154 g/mol. The van der Waals surface area contributed by atoms with Crippen LogP contribution in [0.25, 0.3) is 0 Å². The molecule has 0 spiro atoms. The average molecular weight is 154 g/mol. The smallest absolute Gasteiger partial charge is 0.0913 e. The normalized spacial score (nSPS) is 22.3. The van der Waals surface area contributed by atoms with Gasteiger partial charge in [0.05, 0.1) is 5.60 Å². The Labute approximate surface area is 66.6 Å². The Kier molecular flexibility index (Phi) is 2.31. The van der Waals surface area contributed by atoms with Crippen molar-refractivity contribution in [2.75, 3.05) is 0 Å². The SMILES string of the molecule is C/C=C\C(=C/NN)C1(O)CC1. The van der Waals surface area contributed by atoms with E-state index in [1.54, 1.807) is 6.20 Å². The average Bonchev–Trinajstić information content (AvgIpc) is 2.69. The zero-order chi connectivity index (χ0) is 8.32. The van der Waals surface area contributed by atoms with Gasteiger partial charge < -0.3 is 10.5 Å². The minimum atomic E-state index is -0.598. The first-order valence-corrected chi connectivity index (χ1v) is 3.75. The van der Waals surface area contributed by atoms with E-state index in [9.17, 15) is 5.11 Å². The van der Waals surface area contributed by atoms with Crippen molar-refractivity contribution < 1.29 is 5.11 Å². The molecular weight excluding hydrogens is 140 g/mol. The summed E-state index contributed by atoms with van der Waals surface area (Å²) in [5, 5.41) is 9.64. The van der Waals surface area contributed by atoms with Gasteiger partial charge in [-0.15, -0.1) is 0 Å². The maximum atomic E-state index is 9.64. The first kappa shape index (κ1) is 8.30. The van der Waals surface area contributed by atoms with Gasteiger partial charge in [0.2, 0.25) is 0 Å². The molecule has 0 bridgehead atoms. The van der Waals surface area contributed by atoms with Crippen molar-refractivity contribution in [1.82, 2.24) is 5.43 Å². The van der Waals surface area contributed by atoms with E-state index in [0.29, 0.717) is 0 Å². The largest absolute Gasteiger partial charge is 0.385 e. The Balaban J connectivity index is 2.67. The molecule has 1 aliphatic rings. The van der Waals surface area contributed by atoms with Gasteiger partial charge in [-0.2, -0.15) is 0 Å². The second-order valence-electron chi connectivity index (χ2n) is 2.80. The molecule has 0 aromatic rings. The number of nitrogens with one attached hydrogen (secondary N) is 1. The predicted octanol–water partition coefficient (Wildman–Crippen LogP) is 0.435. The molecule has 1 fully saturated rings. The van der Waals surface area contributed by atoms with Crippen LogP contribution >= 0.6 is 0 Å². The quantitative estimate of drug-likeness (QED) is 0.314. The van der Waals surface area contributed by atoms with E-state index < -0.39 is 5.60 Å². The molecule has 11 heavy (non-hydrogen) atoms. The summed E-state index contributed by atoms with van der Waals surface area (Å²) in [4.78, 5) is 0. The van der Waals surface area contributed by atoms with E-state index in [0.717, 1.165) is 18.4 Å². The number of nitrogens with two attached hydrogens (primary N) is 1. The zero-order valence-corrected chi connectivity index (χ0v) is 6.67. The third-order valence-electron chi connectivity index (χ3n) is 1.85. The summed E-state index contributed by atoms with van der Waals surface area (Å²) in [6.07, 6.45) is 7.06. The van der Waals surface area contributed by atoms with Crippen LogP contribution in [-0.4, -0.2) is 10.7 Å². The minimum Gasteiger partial charge on any atom is -0.385 e. The fraction of sp³-hybridized carbons (Fsp3) is 0.500. The van der Waals surface area contributed by atoms with E-state index in [2.05, 4.69) is 5.43 Å². The summed E-state index contributed by atoms with van der Waals surface area (Å²) in [7, 11) is 0. The van der Waals surface area contributed by atoms with E-state index in [1.807, 2.05) is 19.1 Å². The molecule has 4 N–H and O–H groups in total. The summed E-state index contributed by atoms with van der Waals surface area (Å²) in [5.41, 5.74) is 2.69. The lowest BCUT2D eigenvalue weighted by atomic mass is 10.1. The van der Waals surface area contributed by atoms with Gasteiger partial charge in [-0.25, -0.2) is 0 Å². The summed E-state index contributed by atoms with van der Waals surface area (Å²) in [5.74, 6) is 5.11. The van der Waals surface area contributed by atoms with Gasteiger partial charge in [-0.1, -0.05) is 12.2 Å². The number of allylic oxidation sites excluding steroid dienone is 1. The lowest BCUT2D eigenvalue weighted by Crippen LogP contribution is -2.19. The highest BCUT2D eigenvalue weighted by Gasteiger charge is 2.42. The maximum absolute atomic E-state index is 9.64. The third-order valence-corrected chi connectivity index (χ3v) is 1.85. The first-order valence-electron chi connectivity index (χ1n) is 3.75. The van der Waals surface area contributed by atoms with Crippen LogP contribution in [0.4, 0.5) is 0 Å². The summed E-state index contributed by atoms with van der Waals surface area (Å²) >= 11 is 0. The second kappa shape index (κ2) is 3.07. The number of hydrazine groups is 1. The van der Waals surface area contributed by atoms with Gasteiger partial charge in [0.25, 0.3) is 0 Å². The predicted molar refractivity (Wildman–Crippen MR) is 44.4 cm³/mol. The number of hydrogen-bond donors (Lipinski definition) is 3. The molecule has 0 aromatic carbocycles. The van der Waals surface area contributed by atoms with Crippen LogP contribution in [0, 0.1) is 0 Å². The molecule has 0 saturated heterocycles. The molecule has 0 amide bonds. The second-order valence-corrected chi connectivity index (χ2v) is 2.80. The molecule has 1 rings (SSSR count). The van der Waals surface area contributed by atoms with Crippen molar-refractivity contribution in [3.8, 4) is 0 Å². The Morgan fingerprint density at radius 1 is 1.64 bits per heavy atom. The molecule has 62 valence electrons. The molecule has 0 atom stereocenters.